The van der Waals surface area contributed by atoms with Crippen LogP contribution in [0.4, 0.5) is 0 Å². The summed E-state index contributed by atoms with van der Waals surface area (Å²) in [6, 6.07) is 20.2. The van der Waals surface area contributed by atoms with Crippen molar-refractivity contribution >= 4 is 11.6 Å². The first-order valence-electron chi connectivity index (χ1n) is 7.76. The van der Waals surface area contributed by atoms with Gasteiger partial charge in [-0.05, 0) is 29.9 Å². The SMILES string of the molecule is CC/C(=N\NC(=O)C1CC1c1ccccc1)c1ccccc1. The average molecular weight is 292 g/mol. The highest BCUT2D eigenvalue weighted by Gasteiger charge is 2.43. The fourth-order valence-electron chi connectivity index (χ4n) is 2.74. The zero-order valence-electron chi connectivity index (χ0n) is 12.7. The van der Waals surface area contributed by atoms with Gasteiger partial charge in [0.2, 0.25) is 5.91 Å². The largest absolute Gasteiger partial charge is 0.273 e. The number of nitrogens with zero attached hydrogens (tertiary/aromatic N) is 1. The quantitative estimate of drug-likeness (QED) is 0.662. The number of benzene rings is 2. The summed E-state index contributed by atoms with van der Waals surface area (Å²) in [5.74, 6) is 0.425. The maximum Gasteiger partial charge on any atom is 0.243 e. The second-order valence-electron chi connectivity index (χ2n) is 5.61. The molecular formula is C19H20N2O. The van der Waals surface area contributed by atoms with E-state index < -0.39 is 0 Å². The number of amides is 1. The first-order valence-corrected chi connectivity index (χ1v) is 7.76. The first kappa shape index (κ1) is 14.5. The van der Waals surface area contributed by atoms with Crippen LogP contribution >= 0.6 is 0 Å². The molecule has 3 rings (SSSR count). The van der Waals surface area contributed by atoms with Gasteiger partial charge in [-0.3, -0.25) is 4.79 Å². The maximum atomic E-state index is 12.2. The molecule has 2 atom stereocenters. The molecular weight excluding hydrogens is 272 g/mol. The molecule has 0 radical (unpaired) electrons. The van der Waals surface area contributed by atoms with Crippen LogP contribution in [0, 0.1) is 5.92 Å². The number of hydrazone groups is 1. The lowest BCUT2D eigenvalue weighted by Crippen LogP contribution is -2.22. The fourth-order valence-corrected chi connectivity index (χ4v) is 2.74. The molecule has 2 aromatic rings. The van der Waals surface area contributed by atoms with Crippen LogP contribution in [-0.2, 0) is 4.79 Å². The van der Waals surface area contributed by atoms with Crippen LogP contribution in [0.3, 0.4) is 0 Å². The standard InChI is InChI=1S/C19H20N2O/c1-2-18(15-11-7-4-8-12-15)20-21-19(22)17-13-16(17)14-9-5-3-6-10-14/h3-12,16-17H,2,13H2,1H3,(H,21,22)/b20-18+. The van der Waals surface area contributed by atoms with Crippen LogP contribution in [0.2, 0.25) is 0 Å². The number of nitrogens with one attached hydrogen (secondary N) is 1. The number of carbonyl (C=O) groups is 1. The summed E-state index contributed by atoms with van der Waals surface area (Å²) in [7, 11) is 0. The monoisotopic (exact) mass is 292 g/mol. The molecule has 1 fully saturated rings. The smallest absolute Gasteiger partial charge is 0.243 e. The summed E-state index contributed by atoms with van der Waals surface area (Å²) in [6.07, 6.45) is 1.70. The van der Waals surface area contributed by atoms with E-state index in [0.29, 0.717) is 5.92 Å². The van der Waals surface area contributed by atoms with Gasteiger partial charge in [-0.25, -0.2) is 5.43 Å². The van der Waals surface area contributed by atoms with Gasteiger partial charge in [-0.1, -0.05) is 67.6 Å². The Morgan fingerprint density at radius 1 is 1.09 bits per heavy atom. The maximum absolute atomic E-state index is 12.2. The molecule has 3 heteroatoms. The van der Waals surface area contributed by atoms with Crippen LogP contribution in [0.15, 0.2) is 65.8 Å². The number of hydrogen-bond donors (Lipinski definition) is 1. The van der Waals surface area contributed by atoms with Gasteiger partial charge in [0.25, 0.3) is 0 Å². The Morgan fingerprint density at radius 3 is 2.36 bits per heavy atom. The highest BCUT2D eigenvalue weighted by molar-refractivity contribution is 6.01. The van der Waals surface area contributed by atoms with Crippen LogP contribution in [0.1, 0.15) is 36.8 Å². The van der Waals surface area contributed by atoms with Crippen LogP contribution in [-0.4, -0.2) is 11.6 Å². The van der Waals surface area contributed by atoms with Gasteiger partial charge in [0.15, 0.2) is 0 Å². The Hall–Kier alpha value is -2.42. The third-order valence-corrected chi connectivity index (χ3v) is 4.10. The molecule has 1 N–H and O–H groups in total. The lowest BCUT2D eigenvalue weighted by atomic mass is 10.1. The Morgan fingerprint density at radius 2 is 1.73 bits per heavy atom. The molecule has 2 unspecified atom stereocenters. The van der Waals surface area contributed by atoms with Crippen molar-refractivity contribution in [3.63, 3.8) is 0 Å². The van der Waals surface area contributed by atoms with Crippen molar-refractivity contribution in [1.29, 1.82) is 0 Å². The van der Waals surface area contributed by atoms with Gasteiger partial charge in [0.1, 0.15) is 0 Å². The normalized spacial score (nSPS) is 20.5. The summed E-state index contributed by atoms with van der Waals surface area (Å²) >= 11 is 0. The molecule has 1 aliphatic rings. The molecule has 22 heavy (non-hydrogen) atoms. The van der Waals surface area contributed by atoms with E-state index in [1.54, 1.807) is 0 Å². The van der Waals surface area contributed by atoms with Crippen molar-refractivity contribution in [2.75, 3.05) is 0 Å². The van der Waals surface area contributed by atoms with Gasteiger partial charge in [0, 0.05) is 5.92 Å². The summed E-state index contributed by atoms with van der Waals surface area (Å²) in [6.45, 7) is 2.04. The molecule has 112 valence electrons. The third kappa shape index (κ3) is 3.25. The van der Waals surface area contributed by atoms with E-state index in [0.717, 1.165) is 24.1 Å². The van der Waals surface area contributed by atoms with Crippen molar-refractivity contribution in [2.45, 2.75) is 25.7 Å². The summed E-state index contributed by atoms with van der Waals surface area (Å²) < 4.78 is 0. The zero-order valence-corrected chi connectivity index (χ0v) is 12.7. The molecule has 1 amide bonds. The zero-order chi connectivity index (χ0) is 15.4. The molecule has 3 nitrogen and oxygen atoms in total. The van der Waals surface area contributed by atoms with Crippen molar-refractivity contribution < 1.29 is 4.79 Å². The molecule has 1 saturated carbocycles. The van der Waals surface area contributed by atoms with E-state index >= 15 is 0 Å². The van der Waals surface area contributed by atoms with Gasteiger partial charge in [0.05, 0.1) is 5.71 Å². The highest BCUT2D eigenvalue weighted by atomic mass is 16.2. The number of rotatable bonds is 5. The molecule has 0 bridgehead atoms. The first-order chi connectivity index (χ1) is 10.8. The Labute approximate surface area is 131 Å². The Balaban J connectivity index is 1.62. The average Bonchev–Trinajstić information content (AvgIpc) is 3.38. The van der Waals surface area contributed by atoms with Crippen molar-refractivity contribution in [3.8, 4) is 0 Å². The van der Waals surface area contributed by atoms with E-state index in [9.17, 15) is 4.79 Å². The molecule has 0 spiro atoms. The second kappa shape index (κ2) is 6.56. The van der Waals surface area contributed by atoms with Gasteiger partial charge in [-0.15, -0.1) is 0 Å². The molecule has 0 aromatic heterocycles. The van der Waals surface area contributed by atoms with Gasteiger partial charge in [-0.2, -0.15) is 5.10 Å². The Kier molecular flexibility index (Phi) is 4.33. The predicted molar refractivity (Wildman–Crippen MR) is 88.7 cm³/mol. The van der Waals surface area contributed by atoms with E-state index in [1.807, 2.05) is 55.5 Å². The summed E-state index contributed by atoms with van der Waals surface area (Å²) in [5.41, 5.74) is 5.95. The van der Waals surface area contributed by atoms with Crippen molar-refractivity contribution in [3.05, 3.63) is 71.8 Å². The predicted octanol–water partition coefficient (Wildman–Crippen LogP) is 3.72. The van der Waals surface area contributed by atoms with Crippen LogP contribution in [0.5, 0.6) is 0 Å². The van der Waals surface area contributed by atoms with Gasteiger partial charge >= 0.3 is 0 Å². The van der Waals surface area contributed by atoms with E-state index in [-0.39, 0.29) is 11.8 Å². The van der Waals surface area contributed by atoms with Crippen molar-refractivity contribution in [1.82, 2.24) is 5.43 Å². The van der Waals surface area contributed by atoms with E-state index in [1.165, 1.54) is 5.56 Å². The molecule has 2 aromatic carbocycles. The van der Waals surface area contributed by atoms with Crippen molar-refractivity contribution in [2.24, 2.45) is 11.0 Å². The van der Waals surface area contributed by atoms with E-state index in [2.05, 4.69) is 22.7 Å². The number of carbonyl (C=O) groups excluding carboxylic acids is 1. The number of hydrogen-bond acceptors (Lipinski definition) is 2. The lowest BCUT2D eigenvalue weighted by Gasteiger charge is -2.05. The minimum Gasteiger partial charge on any atom is -0.273 e. The second-order valence-corrected chi connectivity index (χ2v) is 5.61. The molecule has 0 saturated heterocycles. The summed E-state index contributed by atoms with van der Waals surface area (Å²) in [5, 5.41) is 4.32. The molecule has 0 heterocycles. The van der Waals surface area contributed by atoms with Crippen LogP contribution in [0.25, 0.3) is 0 Å². The Bertz CT molecular complexity index is 664. The van der Waals surface area contributed by atoms with Crippen LogP contribution < -0.4 is 5.43 Å². The third-order valence-electron chi connectivity index (χ3n) is 4.10. The fraction of sp³-hybridized carbons (Fsp3) is 0.263. The molecule has 1 aliphatic carbocycles. The minimum absolute atomic E-state index is 0.0238. The minimum atomic E-state index is 0.0238. The summed E-state index contributed by atoms with van der Waals surface area (Å²) in [4.78, 5) is 12.2. The molecule has 0 aliphatic heterocycles. The lowest BCUT2D eigenvalue weighted by molar-refractivity contribution is -0.122. The highest BCUT2D eigenvalue weighted by Crippen LogP contribution is 2.47. The van der Waals surface area contributed by atoms with E-state index in [4.69, 9.17) is 0 Å². The topological polar surface area (TPSA) is 41.5 Å². The van der Waals surface area contributed by atoms with Gasteiger partial charge < -0.3 is 0 Å².